The summed E-state index contributed by atoms with van der Waals surface area (Å²) in [6, 6.07) is 15.9. The zero-order valence-corrected chi connectivity index (χ0v) is 17.1. The Balaban J connectivity index is 2.05. The van der Waals surface area contributed by atoms with Gasteiger partial charge >= 0.3 is 0 Å². The topological polar surface area (TPSA) is 73.2 Å². The maximum absolute atomic E-state index is 13.2. The average Bonchev–Trinajstić information content (AvgIpc) is 3.01. The lowest BCUT2D eigenvalue weighted by molar-refractivity contribution is -0.117. The van der Waals surface area contributed by atoms with Crippen molar-refractivity contribution in [2.45, 2.75) is 11.7 Å². The van der Waals surface area contributed by atoms with Gasteiger partial charge in [0.15, 0.2) is 0 Å². The van der Waals surface area contributed by atoms with Crippen LogP contribution in [0, 0.1) is 11.3 Å². The van der Waals surface area contributed by atoms with Gasteiger partial charge in [-0.1, -0.05) is 53.2 Å². The van der Waals surface area contributed by atoms with Gasteiger partial charge in [-0.3, -0.25) is 14.5 Å². The summed E-state index contributed by atoms with van der Waals surface area (Å²) in [6.45, 7) is 0. The summed E-state index contributed by atoms with van der Waals surface area (Å²) in [5, 5.41) is 12.8. The van der Waals surface area contributed by atoms with E-state index in [0.717, 1.165) is 5.56 Å². The van der Waals surface area contributed by atoms with Gasteiger partial charge in [0.05, 0.1) is 5.25 Å². The molecule has 28 heavy (non-hydrogen) atoms. The molecule has 8 heteroatoms. The first-order valence-electron chi connectivity index (χ1n) is 8.32. The van der Waals surface area contributed by atoms with Crippen LogP contribution in [-0.2, 0) is 16.0 Å². The smallest absolute Gasteiger partial charge is 0.264 e. The van der Waals surface area contributed by atoms with Gasteiger partial charge in [0.1, 0.15) is 16.7 Å². The molecule has 0 spiro atoms. The van der Waals surface area contributed by atoms with Gasteiger partial charge < -0.3 is 5.32 Å². The summed E-state index contributed by atoms with van der Waals surface area (Å²) >= 11 is 13.5. The number of nitrogens with one attached hydrogen (secondary N) is 1. The Morgan fingerprint density at radius 3 is 2.61 bits per heavy atom. The van der Waals surface area contributed by atoms with E-state index in [1.54, 1.807) is 42.5 Å². The van der Waals surface area contributed by atoms with Gasteiger partial charge in [0.2, 0.25) is 5.91 Å². The van der Waals surface area contributed by atoms with E-state index in [4.69, 9.17) is 23.2 Å². The molecule has 5 nitrogen and oxygen atoms in total. The summed E-state index contributed by atoms with van der Waals surface area (Å²) in [7, 11) is 1.44. The van der Waals surface area contributed by atoms with E-state index in [1.807, 2.05) is 12.1 Å². The number of thioether (sulfide) groups is 1. The second-order valence-electron chi connectivity index (χ2n) is 5.93. The van der Waals surface area contributed by atoms with Crippen molar-refractivity contribution in [3.05, 3.63) is 74.7 Å². The van der Waals surface area contributed by atoms with Gasteiger partial charge in [-0.25, -0.2) is 0 Å². The number of rotatable bonds is 4. The third kappa shape index (κ3) is 4.02. The molecule has 0 unspecified atom stereocenters. The highest BCUT2D eigenvalue weighted by atomic mass is 35.5. The molecule has 0 radical (unpaired) electrons. The van der Waals surface area contributed by atoms with Crippen LogP contribution in [0.1, 0.15) is 5.56 Å². The maximum atomic E-state index is 13.2. The summed E-state index contributed by atoms with van der Waals surface area (Å²) < 4.78 is 0. The molecule has 1 atom stereocenters. The number of carbonyl (C=O) groups excluding carboxylic acids is 2. The number of halogens is 2. The SMILES string of the molecule is CNC(=O)/C(C#N)=C1\S[C@H](Cc2cc(Cl)ccc2Cl)C(=O)N1c1ccccc1. The lowest BCUT2D eigenvalue weighted by Crippen LogP contribution is -2.31. The fourth-order valence-corrected chi connectivity index (χ4v) is 4.51. The summed E-state index contributed by atoms with van der Waals surface area (Å²) in [5.41, 5.74) is 1.21. The Morgan fingerprint density at radius 1 is 1.25 bits per heavy atom. The Bertz CT molecular complexity index is 1000. The third-order valence-corrected chi connectivity index (χ3v) is 6.03. The number of likely N-dealkylation sites (N-methyl/N-ethyl adjacent to an activating group) is 1. The molecule has 0 aromatic heterocycles. The van der Waals surface area contributed by atoms with Gasteiger partial charge in [0, 0.05) is 22.8 Å². The Hall–Kier alpha value is -2.46. The van der Waals surface area contributed by atoms with E-state index in [-0.39, 0.29) is 11.5 Å². The molecule has 2 amide bonds. The van der Waals surface area contributed by atoms with E-state index < -0.39 is 11.2 Å². The van der Waals surface area contributed by atoms with E-state index in [2.05, 4.69) is 5.32 Å². The Labute approximate surface area is 176 Å². The lowest BCUT2D eigenvalue weighted by Gasteiger charge is -2.18. The molecule has 2 aromatic rings. The maximum Gasteiger partial charge on any atom is 0.264 e. The molecular weight excluding hydrogens is 417 g/mol. The largest absolute Gasteiger partial charge is 0.354 e. The number of hydrogen-bond acceptors (Lipinski definition) is 4. The van der Waals surface area contributed by atoms with Crippen LogP contribution in [0.4, 0.5) is 5.69 Å². The van der Waals surface area contributed by atoms with Crippen molar-refractivity contribution >= 4 is 52.5 Å². The molecule has 3 rings (SSSR count). The molecule has 0 aliphatic carbocycles. The zero-order chi connectivity index (χ0) is 20.3. The predicted molar refractivity (Wildman–Crippen MR) is 112 cm³/mol. The third-order valence-electron chi connectivity index (χ3n) is 4.16. The van der Waals surface area contributed by atoms with Crippen molar-refractivity contribution in [3.8, 4) is 6.07 Å². The highest BCUT2D eigenvalue weighted by Gasteiger charge is 2.40. The van der Waals surface area contributed by atoms with Crippen molar-refractivity contribution < 1.29 is 9.59 Å². The van der Waals surface area contributed by atoms with Gasteiger partial charge in [-0.05, 0) is 42.3 Å². The Kier molecular flexibility index (Phi) is 6.30. The van der Waals surface area contributed by atoms with Crippen LogP contribution >= 0.6 is 35.0 Å². The first kappa shape index (κ1) is 20.3. The molecule has 0 bridgehead atoms. The van der Waals surface area contributed by atoms with E-state index in [9.17, 15) is 14.9 Å². The normalized spacial score (nSPS) is 18.0. The Morgan fingerprint density at radius 2 is 1.96 bits per heavy atom. The van der Waals surface area contributed by atoms with E-state index in [1.165, 1.54) is 23.7 Å². The summed E-state index contributed by atoms with van der Waals surface area (Å²) in [4.78, 5) is 26.8. The molecule has 2 aromatic carbocycles. The van der Waals surface area contributed by atoms with Crippen molar-refractivity contribution in [2.24, 2.45) is 0 Å². The van der Waals surface area contributed by atoms with Crippen LogP contribution in [-0.4, -0.2) is 24.1 Å². The minimum absolute atomic E-state index is 0.107. The van der Waals surface area contributed by atoms with Crippen LogP contribution in [0.15, 0.2) is 59.1 Å². The predicted octanol–water partition coefficient (Wildman–Crippen LogP) is 4.17. The standard InChI is InChI=1S/C20H15Cl2N3O2S/c1-24-18(26)15(11-23)20-25(14-5-3-2-4-6-14)19(27)17(28-20)10-12-9-13(21)7-8-16(12)22/h2-9,17H,10H2,1H3,(H,24,26)/b20-15-/t17-/m1/s1. The van der Waals surface area contributed by atoms with Gasteiger partial charge in [-0.2, -0.15) is 5.26 Å². The molecule has 1 fully saturated rings. The molecule has 0 saturated carbocycles. The average molecular weight is 432 g/mol. The zero-order valence-electron chi connectivity index (χ0n) is 14.8. The van der Waals surface area contributed by atoms with Crippen molar-refractivity contribution in [3.63, 3.8) is 0 Å². The number of nitrogens with zero attached hydrogens (tertiary/aromatic N) is 2. The van der Waals surface area contributed by atoms with E-state index in [0.29, 0.717) is 27.2 Å². The second kappa shape index (κ2) is 8.70. The van der Waals surface area contributed by atoms with Crippen LogP contribution in [0.25, 0.3) is 0 Å². The number of para-hydroxylation sites is 1. The highest BCUT2D eigenvalue weighted by Crippen LogP contribution is 2.42. The highest BCUT2D eigenvalue weighted by molar-refractivity contribution is 8.05. The molecule has 1 N–H and O–H groups in total. The number of anilines is 1. The van der Waals surface area contributed by atoms with Crippen LogP contribution < -0.4 is 10.2 Å². The first-order valence-corrected chi connectivity index (χ1v) is 9.96. The molecule has 1 saturated heterocycles. The van der Waals surface area contributed by atoms with E-state index >= 15 is 0 Å². The number of hydrogen-bond donors (Lipinski definition) is 1. The summed E-state index contributed by atoms with van der Waals surface area (Å²) in [6.07, 6.45) is 0.322. The number of nitriles is 1. The first-order chi connectivity index (χ1) is 13.5. The number of benzene rings is 2. The minimum atomic E-state index is -0.542. The summed E-state index contributed by atoms with van der Waals surface area (Å²) in [5.74, 6) is -0.765. The minimum Gasteiger partial charge on any atom is -0.354 e. The quantitative estimate of drug-likeness (QED) is 0.582. The number of amides is 2. The van der Waals surface area contributed by atoms with Gasteiger partial charge in [-0.15, -0.1) is 0 Å². The van der Waals surface area contributed by atoms with Gasteiger partial charge in [0.25, 0.3) is 5.91 Å². The van der Waals surface area contributed by atoms with Crippen molar-refractivity contribution in [1.29, 1.82) is 5.26 Å². The van der Waals surface area contributed by atoms with Crippen LogP contribution in [0.3, 0.4) is 0 Å². The monoisotopic (exact) mass is 431 g/mol. The fraction of sp³-hybridized carbons (Fsp3) is 0.150. The molecular formula is C20H15Cl2N3O2S. The van der Waals surface area contributed by atoms with Crippen LogP contribution in [0.5, 0.6) is 0 Å². The number of carbonyl (C=O) groups is 2. The molecule has 1 heterocycles. The second-order valence-corrected chi connectivity index (χ2v) is 7.96. The van der Waals surface area contributed by atoms with Crippen LogP contribution in [0.2, 0.25) is 10.0 Å². The lowest BCUT2D eigenvalue weighted by atomic mass is 10.1. The molecule has 1 aliphatic rings. The fourth-order valence-electron chi connectivity index (χ4n) is 2.82. The van der Waals surface area contributed by atoms with Crippen molar-refractivity contribution in [2.75, 3.05) is 11.9 Å². The molecule has 142 valence electrons. The van der Waals surface area contributed by atoms with Crippen molar-refractivity contribution in [1.82, 2.24) is 5.32 Å². The molecule has 1 aliphatic heterocycles.